The minimum absolute atomic E-state index is 0.0859. The van der Waals surface area contributed by atoms with Gasteiger partial charge in [0.15, 0.2) is 11.6 Å². The van der Waals surface area contributed by atoms with Crippen LogP contribution in [0.25, 0.3) is 0 Å². The number of phenols is 2. The Hall–Kier alpha value is -5.26. The second-order valence-electron chi connectivity index (χ2n) is 10.1. The molecule has 0 aliphatic carbocycles. The Morgan fingerprint density at radius 1 is 0.756 bits per heavy atom. The van der Waals surface area contributed by atoms with Gasteiger partial charge in [-0.15, -0.1) is 19.8 Å². The normalized spacial score (nSPS) is 12.0. The fraction of sp³-hybridized carbons (Fsp3) is 0.241. The predicted molar refractivity (Wildman–Crippen MR) is 153 cm³/mol. The van der Waals surface area contributed by atoms with Crippen LogP contribution in [0.5, 0.6) is 11.5 Å². The van der Waals surface area contributed by atoms with Crippen molar-refractivity contribution >= 4 is 12.4 Å². The molecule has 2 aromatic heterocycles. The summed E-state index contributed by atoms with van der Waals surface area (Å²) in [4.78, 5) is 2.64. The number of tetrazole rings is 2. The minimum Gasteiger partial charge on any atom is -0.508 e. The molecule has 208 valence electrons. The molecular weight excluding hydrogens is 520 g/mol. The van der Waals surface area contributed by atoms with Gasteiger partial charge in [0.1, 0.15) is 11.5 Å². The van der Waals surface area contributed by atoms with E-state index in [2.05, 4.69) is 67.2 Å². The van der Waals surface area contributed by atoms with Crippen molar-refractivity contribution in [3.63, 3.8) is 0 Å². The number of aromatic nitrogens is 8. The maximum atomic E-state index is 11.1. The Balaban J connectivity index is 1.63. The van der Waals surface area contributed by atoms with E-state index in [9.17, 15) is 10.2 Å². The summed E-state index contributed by atoms with van der Waals surface area (Å²) in [5, 5.41) is 53.6. The van der Waals surface area contributed by atoms with E-state index in [1.54, 1.807) is 50.5 Å². The largest absolute Gasteiger partial charge is 0.508 e. The maximum Gasteiger partial charge on any atom is 0.173 e. The smallest absolute Gasteiger partial charge is 0.173 e. The van der Waals surface area contributed by atoms with Crippen LogP contribution in [0.2, 0.25) is 0 Å². The molecule has 0 aliphatic rings. The lowest BCUT2D eigenvalue weighted by Gasteiger charge is -2.22. The molecule has 3 aromatic carbocycles. The molecule has 2 heterocycles. The third-order valence-corrected chi connectivity index (χ3v) is 6.49. The van der Waals surface area contributed by atoms with Gasteiger partial charge < -0.3 is 10.2 Å². The summed E-state index contributed by atoms with van der Waals surface area (Å²) < 4.78 is 0. The lowest BCUT2D eigenvalue weighted by atomic mass is 9.82. The SMILES string of the molecule is Cc1nnnn1/N=C/c1ccc(O)c(C(c2cccc(CC(C)C)c2)c2cc(/C=N/n3nnnc3C)ccc2O)c1. The van der Waals surface area contributed by atoms with Gasteiger partial charge in [0.2, 0.25) is 0 Å². The third-order valence-electron chi connectivity index (χ3n) is 6.49. The Kier molecular flexibility index (Phi) is 7.90. The first-order chi connectivity index (χ1) is 19.8. The summed E-state index contributed by atoms with van der Waals surface area (Å²) in [6, 6.07) is 18.7. The van der Waals surface area contributed by atoms with E-state index < -0.39 is 5.92 Å². The van der Waals surface area contributed by atoms with E-state index in [0.29, 0.717) is 28.7 Å². The number of rotatable bonds is 9. The van der Waals surface area contributed by atoms with Gasteiger partial charge in [0.05, 0.1) is 12.4 Å². The summed E-state index contributed by atoms with van der Waals surface area (Å²) in [5.74, 6) is 1.22. The van der Waals surface area contributed by atoms with Gasteiger partial charge in [-0.3, -0.25) is 0 Å². The van der Waals surface area contributed by atoms with Crippen LogP contribution in [0, 0.1) is 19.8 Å². The molecule has 12 nitrogen and oxygen atoms in total. The fourth-order valence-corrected chi connectivity index (χ4v) is 4.58. The number of aryl methyl sites for hydroxylation is 2. The Morgan fingerprint density at radius 2 is 1.29 bits per heavy atom. The molecule has 0 radical (unpaired) electrons. The van der Waals surface area contributed by atoms with Gasteiger partial charge in [0.25, 0.3) is 0 Å². The highest BCUT2D eigenvalue weighted by Crippen LogP contribution is 2.41. The molecule has 0 saturated heterocycles. The predicted octanol–water partition coefficient (Wildman–Crippen LogP) is 3.83. The van der Waals surface area contributed by atoms with E-state index in [1.807, 2.05) is 24.3 Å². The second-order valence-corrected chi connectivity index (χ2v) is 10.1. The standard InChI is InChI=1S/C29H30N10O2/c1-18(2)12-21-6-5-7-24(13-21)29(25-14-22(8-10-27(25)40)16-30-38-19(3)32-34-36-38)26-15-23(9-11-28(26)41)17-31-39-20(4)33-35-37-39/h5-11,13-18,29,40-41H,12H2,1-4H3/b30-16+,31-17+. The van der Waals surface area contributed by atoms with Crippen molar-refractivity contribution in [1.82, 2.24) is 40.6 Å². The van der Waals surface area contributed by atoms with Crippen LogP contribution in [0.1, 0.15) is 64.8 Å². The van der Waals surface area contributed by atoms with E-state index in [1.165, 1.54) is 15.1 Å². The second kappa shape index (κ2) is 11.9. The van der Waals surface area contributed by atoms with E-state index >= 15 is 0 Å². The molecule has 5 aromatic rings. The summed E-state index contributed by atoms with van der Waals surface area (Å²) in [6.45, 7) is 7.84. The molecule has 0 amide bonds. The van der Waals surface area contributed by atoms with Crippen LogP contribution in [-0.4, -0.2) is 63.3 Å². The number of hydrogen-bond donors (Lipinski definition) is 2. The Morgan fingerprint density at radius 3 is 1.76 bits per heavy atom. The molecule has 0 aliphatic heterocycles. The monoisotopic (exact) mass is 550 g/mol. The summed E-state index contributed by atoms with van der Waals surface area (Å²) in [6.07, 6.45) is 4.14. The number of hydrogen-bond acceptors (Lipinski definition) is 10. The summed E-state index contributed by atoms with van der Waals surface area (Å²) in [5.41, 5.74) is 4.74. The molecule has 41 heavy (non-hydrogen) atoms. The highest BCUT2D eigenvalue weighted by Gasteiger charge is 2.24. The number of aromatic hydroxyl groups is 2. The Labute approximate surface area is 236 Å². The van der Waals surface area contributed by atoms with Gasteiger partial charge in [-0.1, -0.05) is 38.1 Å². The zero-order valence-electron chi connectivity index (χ0n) is 23.2. The van der Waals surface area contributed by atoms with Crippen molar-refractivity contribution in [3.8, 4) is 11.5 Å². The topological polar surface area (TPSA) is 152 Å². The van der Waals surface area contributed by atoms with Gasteiger partial charge in [0, 0.05) is 17.0 Å². The number of benzene rings is 3. The van der Waals surface area contributed by atoms with Crippen molar-refractivity contribution in [1.29, 1.82) is 0 Å². The Bertz CT molecular complexity index is 1620. The maximum absolute atomic E-state index is 11.1. The van der Waals surface area contributed by atoms with Crippen LogP contribution in [-0.2, 0) is 6.42 Å². The number of nitrogens with zero attached hydrogens (tertiary/aromatic N) is 10. The van der Waals surface area contributed by atoms with Crippen molar-refractivity contribution < 1.29 is 10.2 Å². The minimum atomic E-state index is -0.506. The average molecular weight is 551 g/mol. The molecule has 5 rings (SSSR count). The number of phenolic OH excluding ortho intramolecular Hbond substituents is 2. The highest BCUT2D eigenvalue weighted by molar-refractivity contribution is 5.82. The fourth-order valence-electron chi connectivity index (χ4n) is 4.58. The van der Waals surface area contributed by atoms with Crippen molar-refractivity contribution in [3.05, 3.63) is 106 Å². The molecular formula is C29H30N10O2. The van der Waals surface area contributed by atoms with Crippen LogP contribution in [0.4, 0.5) is 0 Å². The summed E-state index contributed by atoms with van der Waals surface area (Å²) >= 11 is 0. The highest BCUT2D eigenvalue weighted by atomic mass is 16.3. The zero-order chi connectivity index (χ0) is 28.9. The molecule has 0 atom stereocenters. The molecule has 0 spiro atoms. The van der Waals surface area contributed by atoms with E-state index in [0.717, 1.165) is 23.1 Å². The summed E-state index contributed by atoms with van der Waals surface area (Å²) in [7, 11) is 0. The lowest BCUT2D eigenvalue weighted by Crippen LogP contribution is -2.07. The quantitative estimate of drug-likeness (QED) is 0.207. The van der Waals surface area contributed by atoms with Gasteiger partial charge >= 0.3 is 0 Å². The van der Waals surface area contributed by atoms with E-state index in [-0.39, 0.29) is 11.5 Å². The molecule has 0 fully saturated rings. The third kappa shape index (κ3) is 6.32. The zero-order valence-corrected chi connectivity index (χ0v) is 23.2. The van der Waals surface area contributed by atoms with Gasteiger partial charge in [-0.05, 0) is 106 Å². The van der Waals surface area contributed by atoms with Crippen molar-refractivity contribution in [2.24, 2.45) is 16.1 Å². The molecule has 0 bridgehead atoms. The molecule has 0 saturated carbocycles. The van der Waals surface area contributed by atoms with Crippen molar-refractivity contribution in [2.45, 2.75) is 40.0 Å². The van der Waals surface area contributed by atoms with Crippen LogP contribution in [0.15, 0.2) is 70.9 Å². The lowest BCUT2D eigenvalue weighted by molar-refractivity contribution is 0.458. The molecule has 2 N–H and O–H groups in total. The first-order valence-electron chi connectivity index (χ1n) is 13.1. The van der Waals surface area contributed by atoms with Gasteiger partial charge in [-0.2, -0.15) is 10.2 Å². The van der Waals surface area contributed by atoms with Gasteiger partial charge in [-0.25, -0.2) is 0 Å². The molecule has 0 unspecified atom stereocenters. The van der Waals surface area contributed by atoms with Crippen LogP contribution in [0.3, 0.4) is 0 Å². The first kappa shape index (κ1) is 27.3. The van der Waals surface area contributed by atoms with Crippen LogP contribution >= 0.6 is 0 Å². The van der Waals surface area contributed by atoms with E-state index in [4.69, 9.17) is 0 Å². The van der Waals surface area contributed by atoms with Crippen molar-refractivity contribution in [2.75, 3.05) is 0 Å². The average Bonchev–Trinajstić information content (AvgIpc) is 3.56. The molecule has 12 heteroatoms. The first-order valence-corrected chi connectivity index (χ1v) is 13.1. The van der Waals surface area contributed by atoms with Crippen LogP contribution < -0.4 is 0 Å².